The number of thiophene rings is 1. The molecule has 2 aromatic carbocycles. The van der Waals surface area contributed by atoms with Gasteiger partial charge in [0, 0.05) is 37.5 Å². The average Bonchev–Trinajstić information content (AvgIpc) is 3.44. The maximum absolute atomic E-state index is 15.3. The minimum Gasteiger partial charge on any atom is -0.488 e. The van der Waals surface area contributed by atoms with E-state index in [9.17, 15) is 44.4 Å². The van der Waals surface area contributed by atoms with Gasteiger partial charge in [-0.25, -0.2) is 24.0 Å². The second-order valence-electron chi connectivity index (χ2n) is 20.3. The van der Waals surface area contributed by atoms with Gasteiger partial charge in [0.25, 0.3) is 0 Å². The van der Waals surface area contributed by atoms with E-state index in [1.165, 1.54) is 58.9 Å². The summed E-state index contributed by atoms with van der Waals surface area (Å²) < 4.78 is 47.1. The van der Waals surface area contributed by atoms with E-state index >= 15 is 9.59 Å². The van der Waals surface area contributed by atoms with E-state index in [1.807, 2.05) is 0 Å². The van der Waals surface area contributed by atoms with E-state index in [0.717, 1.165) is 0 Å². The molecule has 4 aliphatic rings. The summed E-state index contributed by atoms with van der Waals surface area (Å²) in [5.74, 6) is -8.47. The van der Waals surface area contributed by atoms with Crippen molar-refractivity contribution in [3.8, 4) is 11.5 Å². The van der Waals surface area contributed by atoms with Crippen LogP contribution in [-0.2, 0) is 42.8 Å². The molecule has 394 valence electrons. The quantitative estimate of drug-likeness (QED) is 0.0875. The molecule has 5 N–H and O–H groups in total. The number of nitrogens with one attached hydrogen (secondary N) is 1. The van der Waals surface area contributed by atoms with Gasteiger partial charge in [0.05, 0.1) is 43.0 Å². The number of ketones is 1. The smallest absolute Gasteiger partial charge is 0.408 e. The third-order valence-electron chi connectivity index (χ3n) is 14.1. The molecule has 10 atom stereocenters. The molecule has 0 spiro atoms. The van der Waals surface area contributed by atoms with E-state index in [1.54, 1.807) is 57.2 Å². The molecule has 21 heteroatoms. The summed E-state index contributed by atoms with van der Waals surface area (Å²) in [6, 6.07) is 14.0. The van der Waals surface area contributed by atoms with Crippen LogP contribution >= 0.6 is 11.3 Å². The molecule has 1 unspecified atom stereocenters. The molecule has 20 nitrogen and oxygen atoms in total. The van der Waals surface area contributed by atoms with Gasteiger partial charge in [0.1, 0.15) is 42.2 Å². The number of carbonyl (C=O) groups excluding carboxylic acids is 6. The number of aromatic carboxylic acids is 1. The molecule has 1 amide bonds. The largest absolute Gasteiger partial charge is 0.488 e. The highest BCUT2D eigenvalue weighted by Crippen LogP contribution is 2.59. The highest BCUT2D eigenvalue weighted by atomic mass is 32.1. The molecule has 2 fully saturated rings. The van der Waals surface area contributed by atoms with Gasteiger partial charge in [-0.05, 0) is 63.5 Å². The number of aliphatic hydroxyl groups is 3. The average molecular weight is 1040 g/mol. The van der Waals surface area contributed by atoms with E-state index in [0.29, 0.717) is 17.8 Å². The van der Waals surface area contributed by atoms with Gasteiger partial charge >= 0.3 is 35.9 Å². The van der Waals surface area contributed by atoms with Gasteiger partial charge in [-0.3, -0.25) is 9.59 Å². The Morgan fingerprint density at radius 3 is 2.11 bits per heavy atom. The van der Waals surface area contributed by atoms with Crippen LogP contribution < -0.4 is 14.8 Å². The Balaban J connectivity index is 1.36. The first kappa shape index (κ1) is 54.4. The summed E-state index contributed by atoms with van der Waals surface area (Å²) in [4.78, 5) is 96.3. The van der Waals surface area contributed by atoms with Gasteiger partial charge in [0.15, 0.2) is 27.0 Å². The normalized spacial score (nSPS) is 27.5. The first-order valence-corrected chi connectivity index (χ1v) is 24.6. The molecule has 2 aliphatic heterocycles. The van der Waals surface area contributed by atoms with Gasteiger partial charge in [0.2, 0.25) is 6.10 Å². The van der Waals surface area contributed by atoms with Crippen molar-refractivity contribution >= 4 is 53.1 Å². The Morgan fingerprint density at radius 1 is 0.890 bits per heavy atom. The minimum absolute atomic E-state index is 0.0340. The number of carboxylic acid groups (broad SMARTS) is 1. The third-order valence-corrected chi connectivity index (χ3v) is 15.2. The van der Waals surface area contributed by atoms with Crippen molar-refractivity contribution in [1.82, 2.24) is 5.32 Å². The number of benzene rings is 2. The van der Waals surface area contributed by atoms with Crippen LogP contribution in [0, 0.1) is 16.7 Å². The Morgan fingerprint density at radius 2 is 1.51 bits per heavy atom. The highest BCUT2D eigenvalue weighted by molar-refractivity contribution is 7.16. The maximum atomic E-state index is 15.3. The van der Waals surface area contributed by atoms with Crippen LogP contribution in [0.25, 0.3) is 0 Å². The number of ether oxygens (including phenoxy) is 8. The summed E-state index contributed by atoms with van der Waals surface area (Å²) in [7, 11) is 0. The number of rotatable bonds is 12. The molecule has 7 rings (SSSR count). The molecular weight excluding hydrogens is 975 g/mol. The van der Waals surface area contributed by atoms with Gasteiger partial charge < -0.3 is 63.6 Å². The fourth-order valence-electron chi connectivity index (χ4n) is 10.1. The molecule has 1 saturated heterocycles. The lowest BCUT2D eigenvalue weighted by molar-refractivity contribution is -0.219. The van der Waals surface area contributed by atoms with Crippen LogP contribution in [0.3, 0.4) is 0 Å². The van der Waals surface area contributed by atoms with Crippen LogP contribution in [0.2, 0.25) is 0 Å². The lowest BCUT2D eigenvalue weighted by Crippen LogP contribution is -2.70. The van der Waals surface area contributed by atoms with E-state index in [-0.39, 0.29) is 69.8 Å². The highest BCUT2D eigenvalue weighted by Gasteiger charge is 2.69. The number of Topliss-reactive ketones (excluding diaryl/α,β-unsaturated/α-hetero) is 1. The first-order valence-electron chi connectivity index (χ1n) is 23.8. The number of carboxylic acids is 1. The Kier molecular flexibility index (Phi) is 15.8. The van der Waals surface area contributed by atoms with Gasteiger partial charge in [-0.1, -0.05) is 62.4 Å². The molecule has 2 bridgehead atoms. The zero-order valence-electron chi connectivity index (χ0n) is 41.7. The molecule has 3 aromatic rings. The van der Waals surface area contributed by atoms with Crippen molar-refractivity contribution in [2.24, 2.45) is 16.7 Å². The van der Waals surface area contributed by atoms with Crippen molar-refractivity contribution in [2.45, 2.75) is 129 Å². The van der Waals surface area contributed by atoms with Crippen LogP contribution in [0.4, 0.5) is 4.79 Å². The SMILES string of the molecule is CC(=O)OC[C@H]1C[C@H](O)[C@@]2(C)C(=O)[C@H](O)C3=C(C)[C@@H](OC(=O)[C@H](OC(=O)c4sc(C(=O)O)c5c4OCCCO5)C(NC(=O)OC(C)(C)C)c4ccccc4)C[C@@](O)([C@@H](OC(=O)c4ccccc4)[C@@H]2CO1)C3(C)C. The predicted molar refractivity (Wildman–Crippen MR) is 256 cm³/mol. The number of esters is 4. The second-order valence-corrected chi connectivity index (χ2v) is 21.3. The Bertz CT molecular complexity index is 2640. The molecule has 0 radical (unpaired) electrons. The van der Waals surface area contributed by atoms with Crippen molar-refractivity contribution in [3.05, 3.63) is 92.7 Å². The summed E-state index contributed by atoms with van der Waals surface area (Å²) in [5, 5.41) is 50.8. The molecule has 3 heterocycles. The summed E-state index contributed by atoms with van der Waals surface area (Å²) in [6.45, 7) is 11.2. The van der Waals surface area contributed by atoms with E-state index in [2.05, 4.69) is 5.32 Å². The van der Waals surface area contributed by atoms with Crippen LogP contribution in [0.1, 0.15) is 116 Å². The second kappa shape index (κ2) is 21.2. The monoisotopic (exact) mass is 1040 g/mol. The standard InChI is InChI=1S/C52H61NO19S/c1-26-32(69-46(61)37(35(28-16-11-9-12-17-28)53-48(63)72-49(3,4)5)70-47(62)41-39-38(40(73-41)44(58)59)65-20-15-21-66-39)23-52(64)43(71-45(60)29-18-13-10-14-19-29)31-25-68-30(24-67-27(2)54)22-33(55)51(31,8)42(57)36(56)34(26)50(52,6)7/h9-14,16-19,30-33,35-37,43,55-56,64H,15,20-25H2,1-8H3,(H,53,63)(H,58,59)/t30-,31+,32+,33+,35?,36-,37-,43+,51+,52-/m1/s1. The van der Waals surface area contributed by atoms with Crippen molar-refractivity contribution < 1.29 is 91.9 Å². The number of alkyl carbamates (subject to hydrolysis) is 1. The number of fused-ring (bicyclic) bond motifs is 4. The van der Waals surface area contributed by atoms with Crippen LogP contribution in [0.5, 0.6) is 11.5 Å². The number of amides is 1. The van der Waals surface area contributed by atoms with Gasteiger partial charge in [-0.15, -0.1) is 11.3 Å². The van der Waals surface area contributed by atoms with E-state index in [4.69, 9.17) is 37.9 Å². The molecule has 2 aliphatic carbocycles. The van der Waals surface area contributed by atoms with Crippen LogP contribution in [-0.4, -0.2) is 136 Å². The lowest BCUT2D eigenvalue weighted by Gasteiger charge is -2.59. The van der Waals surface area contributed by atoms with Crippen molar-refractivity contribution in [3.63, 3.8) is 0 Å². The van der Waals surface area contributed by atoms with E-state index < -0.39 is 125 Å². The molecule has 1 saturated carbocycles. The fraction of sp³-hybridized carbons (Fsp3) is 0.519. The number of aliphatic hydroxyl groups excluding tert-OH is 2. The number of carbonyl (C=O) groups is 7. The number of hydrogen-bond donors (Lipinski definition) is 5. The summed E-state index contributed by atoms with van der Waals surface area (Å²) >= 11 is 0.473. The lowest BCUT2D eigenvalue weighted by atomic mass is 9.50. The first-order chi connectivity index (χ1) is 34.3. The maximum Gasteiger partial charge on any atom is 0.408 e. The van der Waals surface area contributed by atoms with Crippen molar-refractivity contribution in [1.29, 1.82) is 0 Å². The zero-order valence-corrected chi connectivity index (χ0v) is 42.5. The minimum atomic E-state index is -2.41. The Labute approximate surface area is 424 Å². The predicted octanol–water partition coefficient (Wildman–Crippen LogP) is 5.29. The topological polar surface area (TPSA) is 286 Å². The fourth-order valence-corrected chi connectivity index (χ4v) is 11.1. The van der Waals surface area contributed by atoms with Gasteiger partial charge in [-0.2, -0.15) is 0 Å². The number of hydrogen-bond acceptors (Lipinski definition) is 19. The van der Waals surface area contributed by atoms with Crippen LogP contribution in [0.15, 0.2) is 71.8 Å². The molecular formula is C52H61NO19S. The Hall–Kier alpha value is -6.39. The third kappa shape index (κ3) is 10.8. The molecule has 1 aromatic heterocycles. The molecule has 73 heavy (non-hydrogen) atoms. The van der Waals surface area contributed by atoms with Crippen molar-refractivity contribution in [2.75, 3.05) is 26.4 Å². The summed E-state index contributed by atoms with van der Waals surface area (Å²) in [6.07, 6.45) is -11.9. The zero-order chi connectivity index (χ0) is 53.4. The summed E-state index contributed by atoms with van der Waals surface area (Å²) in [5.41, 5.74) is -7.02.